The maximum atomic E-state index is 2.52. The predicted octanol–water partition coefficient (Wildman–Crippen LogP) is 5.28. The van der Waals surface area contributed by atoms with Crippen molar-refractivity contribution in [3.05, 3.63) is 0 Å². The normalized spacial score (nSPS) is 27.8. The summed E-state index contributed by atoms with van der Waals surface area (Å²) in [7, 11) is 0. The minimum absolute atomic E-state index is 0.599. The number of unbranched alkanes of at least 4 members (excludes halogenated alkanes) is 2. The number of hydrogen-bond acceptors (Lipinski definition) is 0. The fourth-order valence-electron chi connectivity index (χ4n) is 3.40. The fourth-order valence-corrected chi connectivity index (χ4v) is 3.40. The Morgan fingerprint density at radius 2 is 1.80 bits per heavy atom. The second kappa shape index (κ2) is 5.37. The summed E-state index contributed by atoms with van der Waals surface area (Å²) in [6, 6.07) is 0. The third kappa shape index (κ3) is 3.23. The minimum Gasteiger partial charge on any atom is -0.0654 e. The molecule has 90 valence electrons. The van der Waals surface area contributed by atoms with Crippen LogP contribution >= 0.6 is 0 Å². The molecule has 0 spiro atoms. The summed E-state index contributed by atoms with van der Waals surface area (Å²) in [4.78, 5) is 0. The standard InChI is InChI=1S/C15H30/c1-6-8-9-10-13(7-2)15(4,5)14-11-12(14)3/h12-14H,6-11H2,1-5H3. The van der Waals surface area contributed by atoms with Gasteiger partial charge in [-0.2, -0.15) is 0 Å². The van der Waals surface area contributed by atoms with Crippen LogP contribution in [-0.2, 0) is 0 Å². The first kappa shape index (κ1) is 13.1. The highest BCUT2D eigenvalue weighted by Crippen LogP contribution is 2.55. The third-order valence-electron chi connectivity index (χ3n) is 4.77. The highest BCUT2D eigenvalue weighted by molar-refractivity contribution is 4.96. The number of hydrogen-bond donors (Lipinski definition) is 0. The number of rotatable bonds is 7. The van der Waals surface area contributed by atoms with Gasteiger partial charge in [-0.1, -0.05) is 60.3 Å². The second-order valence-corrected chi connectivity index (χ2v) is 6.24. The molecule has 0 N–H and O–H groups in total. The van der Waals surface area contributed by atoms with Gasteiger partial charge in [-0.25, -0.2) is 0 Å². The third-order valence-corrected chi connectivity index (χ3v) is 4.77. The van der Waals surface area contributed by atoms with E-state index >= 15 is 0 Å². The summed E-state index contributed by atoms with van der Waals surface area (Å²) >= 11 is 0. The molecule has 0 heterocycles. The Balaban J connectivity index is 2.41. The van der Waals surface area contributed by atoms with Crippen LogP contribution in [0, 0.1) is 23.2 Å². The largest absolute Gasteiger partial charge is 0.0654 e. The summed E-state index contributed by atoms with van der Waals surface area (Å²) in [6.45, 7) is 12.1. The van der Waals surface area contributed by atoms with Gasteiger partial charge >= 0.3 is 0 Å². The van der Waals surface area contributed by atoms with E-state index in [1.54, 1.807) is 0 Å². The molecule has 3 unspecified atom stereocenters. The highest BCUT2D eigenvalue weighted by atomic mass is 14.5. The van der Waals surface area contributed by atoms with Gasteiger partial charge in [-0.3, -0.25) is 0 Å². The van der Waals surface area contributed by atoms with E-state index in [1.807, 2.05) is 0 Å². The van der Waals surface area contributed by atoms with Crippen LogP contribution in [0.15, 0.2) is 0 Å². The molecule has 0 aromatic carbocycles. The Labute approximate surface area is 96.8 Å². The molecular weight excluding hydrogens is 180 g/mol. The summed E-state index contributed by atoms with van der Waals surface area (Å²) in [6.07, 6.45) is 8.54. The lowest BCUT2D eigenvalue weighted by Crippen LogP contribution is -2.26. The van der Waals surface area contributed by atoms with Crippen LogP contribution in [0.25, 0.3) is 0 Å². The first-order valence-corrected chi connectivity index (χ1v) is 7.04. The van der Waals surface area contributed by atoms with Gasteiger partial charge in [0.05, 0.1) is 0 Å². The molecule has 0 saturated heterocycles. The lowest BCUT2D eigenvalue weighted by atomic mass is 9.70. The lowest BCUT2D eigenvalue weighted by molar-refractivity contribution is 0.148. The molecule has 1 fully saturated rings. The van der Waals surface area contributed by atoms with Crippen LogP contribution in [0.5, 0.6) is 0 Å². The molecule has 0 heteroatoms. The monoisotopic (exact) mass is 210 g/mol. The summed E-state index contributed by atoms with van der Waals surface area (Å²) in [5, 5.41) is 0. The zero-order valence-corrected chi connectivity index (χ0v) is 11.5. The van der Waals surface area contributed by atoms with Crippen LogP contribution in [0.1, 0.15) is 73.1 Å². The van der Waals surface area contributed by atoms with E-state index in [0.717, 1.165) is 17.8 Å². The van der Waals surface area contributed by atoms with Crippen molar-refractivity contribution >= 4 is 0 Å². The molecule has 1 aliphatic carbocycles. The average Bonchev–Trinajstić information content (AvgIpc) is 2.90. The van der Waals surface area contributed by atoms with Crippen LogP contribution in [0.4, 0.5) is 0 Å². The van der Waals surface area contributed by atoms with E-state index in [2.05, 4.69) is 34.6 Å². The maximum absolute atomic E-state index is 2.52. The van der Waals surface area contributed by atoms with Gasteiger partial charge in [0.25, 0.3) is 0 Å². The Hall–Kier alpha value is 0. The van der Waals surface area contributed by atoms with Crippen LogP contribution in [-0.4, -0.2) is 0 Å². The van der Waals surface area contributed by atoms with E-state index in [-0.39, 0.29) is 0 Å². The van der Waals surface area contributed by atoms with Crippen LogP contribution in [0.3, 0.4) is 0 Å². The van der Waals surface area contributed by atoms with E-state index in [0.29, 0.717) is 5.41 Å². The maximum Gasteiger partial charge on any atom is -0.0295 e. The minimum atomic E-state index is 0.599. The van der Waals surface area contributed by atoms with E-state index in [1.165, 1.54) is 38.5 Å². The Bertz CT molecular complexity index is 180. The Kier molecular flexibility index (Phi) is 4.67. The smallest absolute Gasteiger partial charge is 0.0295 e. The Morgan fingerprint density at radius 1 is 1.20 bits per heavy atom. The molecule has 0 aliphatic heterocycles. The van der Waals surface area contributed by atoms with Crippen molar-refractivity contribution in [3.8, 4) is 0 Å². The average molecular weight is 210 g/mol. The molecule has 0 radical (unpaired) electrons. The van der Waals surface area contributed by atoms with Crippen LogP contribution < -0.4 is 0 Å². The second-order valence-electron chi connectivity index (χ2n) is 6.24. The van der Waals surface area contributed by atoms with Crippen molar-refractivity contribution in [2.45, 2.75) is 73.1 Å². The highest BCUT2D eigenvalue weighted by Gasteiger charge is 2.47. The van der Waals surface area contributed by atoms with Gasteiger partial charge < -0.3 is 0 Å². The molecule has 0 aromatic heterocycles. The molecule has 0 nitrogen and oxygen atoms in total. The quantitative estimate of drug-likeness (QED) is 0.502. The molecule has 3 atom stereocenters. The SMILES string of the molecule is CCCCCC(CC)C(C)(C)C1CC1C. The lowest BCUT2D eigenvalue weighted by Gasteiger charge is -2.35. The van der Waals surface area contributed by atoms with Gasteiger partial charge in [0, 0.05) is 0 Å². The molecule has 0 bridgehead atoms. The summed E-state index contributed by atoms with van der Waals surface area (Å²) in [5.41, 5.74) is 0.599. The summed E-state index contributed by atoms with van der Waals surface area (Å²) < 4.78 is 0. The zero-order valence-electron chi connectivity index (χ0n) is 11.5. The molecule has 1 rings (SSSR count). The van der Waals surface area contributed by atoms with Crippen molar-refractivity contribution in [1.29, 1.82) is 0 Å². The van der Waals surface area contributed by atoms with Crippen molar-refractivity contribution in [3.63, 3.8) is 0 Å². The van der Waals surface area contributed by atoms with E-state index in [4.69, 9.17) is 0 Å². The molecule has 1 saturated carbocycles. The van der Waals surface area contributed by atoms with Crippen molar-refractivity contribution in [2.75, 3.05) is 0 Å². The van der Waals surface area contributed by atoms with Crippen molar-refractivity contribution in [1.82, 2.24) is 0 Å². The first-order chi connectivity index (χ1) is 7.04. The van der Waals surface area contributed by atoms with E-state index in [9.17, 15) is 0 Å². The summed E-state index contributed by atoms with van der Waals surface area (Å²) in [5.74, 6) is 2.98. The molecule has 15 heavy (non-hydrogen) atoms. The van der Waals surface area contributed by atoms with Crippen molar-refractivity contribution in [2.24, 2.45) is 23.2 Å². The predicted molar refractivity (Wildman–Crippen MR) is 69.0 cm³/mol. The molecule has 0 amide bonds. The topological polar surface area (TPSA) is 0 Å². The van der Waals surface area contributed by atoms with Gasteiger partial charge in [-0.15, -0.1) is 0 Å². The van der Waals surface area contributed by atoms with Crippen molar-refractivity contribution < 1.29 is 0 Å². The molecule has 0 aromatic rings. The Morgan fingerprint density at radius 3 is 2.20 bits per heavy atom. The first-order valence-electron chi connectivity index (χ1n) is 7.04. The molecule has 1 aliphatic rings. The van der Waals surface area contributed by atoms with Gasteiger partial charge in [0.2, 0.25) is 0 Å². The van der Waals surface area contributed by atoms with E-state index < -0.39 is 0 Å². The zero-order chi connectivity index (χ0) is 11.5. The van der Waals surface area contributed by atoms with Crippen LogP contribution in [0.2, 0.25) is 0 Å². The van der Waals surface area contributed by atoms with Gasteiger partial charge in [-0.05, 0) is 36.0 Å². The van der Waals surface area contributed by atoms with Gasteiger partial charge in [0.1, 0.15) is 0 Å². The molecular formula is C15H30. The van der Waals surface area contributed by atoms with Gasteiger partial charge in [0.15, 0.2) is 0 Å². The fraction of sp³-hybridized carbons (Fsp3) is 1.00.